The molecule has 1 heterocycles. The maximum atomic E-state index is 11.6. The molecule has 0 radical (unpaired) electrons. The lowest BCUT2D eigenvalue weighted by atomic mass is 10.2. The molecule has 0 saturated carbocycles. The van der Waals surface area contributed by atoms with E-state index < -0.39 is 0 Å². The van der Waals surface area contributed by atoms with Crippen LogP contribution >= 0.6 is 11.6 Å². The molecule has 2 rings (SSSR count). The highest BCUT2D eigenvalue weighted by Gasteiger charge is 2.12. The topological polar surface area (TPSA) is 50.2 Å². The normalized spacial score (nSPS) is 10.9. The van der Waals surface area contributed by atoms with E-state index in [1.807, 2.05) is 12.1 Å². The zero-order chi connectivity index (χ0) is 15.4. The summed E-state index contributed by atoms with van der Waals surface area (Å²) in [5.41, 5.74) is 3.28. The number of hydrogen-bond donors (Lipinski definition) is 1. The number of aromatic nitrogens is 2. The van der Waals surface area contributed by atoms with Gasteiger partial charge < -0.3 is 14.8 Å². The summed E-state index contributed by atoms with van der Waals surface area (Å²) in [5.74, 6) is 1.50. The Morgan fingerprint density at radius 3 is 2.86 bits per heavy atom. The Bertz CT molecular complexity index is 636. The number of para-hydroxylation sites is 1. The molecule has 1 aromatic heterocycles. The van der Waals surface area contributed by atoms with Crippen LogP contribution in [-0.2, 0) is 13.0 Å². The van der Waals surface area contributed by atoms with Gasteiger partial charge in [0, 0.05) is 39.5 Å². The number of hydrogen-bond acceptors (Lipinski definition) is 2. The number of nitrogens with one attached hydrogen (secondary N) is 1. The van der Waals surface area contributed by atoms with Gasteiger partial charge in [-0.05, 0) is 18.6 Å². The molecule has 2 aromatic rings. The second-order valence-electron chi connectivity index (χ2n) is 5.19. The van der Waals surface area contributed by atoms with Gasteiger partial charge in [0.05, 0.1) is 11.0 Å². The van der Waals surface area contributed by atoms with Crippen molar-refractivity contribution >= 4 is 28.7 Å². The Balaban J connectivity index is 2.24. The number of carbonyl (C=O) groups is 1. The van der Waals surface area contributed by atoms with E-state index >= 15 is 0 Å². The molecule has 0 saturated heterocycles. The number of nitrogens with zero attached hydrogens (tertiary/aromatic N) is 3. The van der Waals surface area contributed by atoms with Gasteiger partial charge in [0.2, 0.25) is 0 Å². The van der Waals surface area contributed by atoms with Crippen molar-refractivity contribution in [2.24, 2.45) is 0 Å². The summed E-state index contributed by atoms with van der Waals surface area (Å²) in [6.07, 6.45) is 0.720. The number of urea groups is 1. The molecule has 5 nitrogen and oxygen atoms in total. The summed E-state index contributed by atoms with van der Waals surface area (Å²) in [6, 6.07) is 6.00. The monoisotopic (exact) mass is 308 g/mol. The summed E-state index contributed by atoms with van der Waals surface area (Å²) in [6.45, 7) is 3.32. The predicted molar refractivity (Wildman–Crippen MR) is 86.0 cm³/mol. The highest BCUT2D eigenvalue weighted by molar-refractivity contribution is 6.17. The van der Waals surface area contributed by atoms with Gasteiger partial charge in [-0.3, -0.25) is 0 Å². The minimum absolute atomic E-state index is 0.0879. The molecule has 0 atom stereocenters. The number of imidazole rings is 1. The Hall–Kier alpha value is -1.75. The summed E-state index contributed by atoms with van der Waals surface area (Å²) >= 11 is 5.87. The molecule has 1 N–H and O–H groups in total. The Kier molecular flexibility index (Phi) is 5.07. The maximum absolute atomic E-state index is 11.6. The molecule has 2 amide bonds. The lowest BCUT2D eigenvalue weighted by Crippen LogP contribution is -2.36. The first-order valence-electron chi connectivity index (χ1n) is 7.00. The zero-order valence-electron chi connectivity index (χ0n) is 12.7. The number of alkyl halides is 1. The lowest BCUT2D eigenvalue weighted by molar-refractivity contribution is 0.217. The smallest absolute Gasteiger partial charge is 0.316 e. The summed E-state index contributed by atoms with van der Waals surface area (Å²) in [7, 11) is 3.45. The average molecular weight is 309 g/mol. The van der Waals surface area contributed by atoms with Crippen LogP contribution in [-0.4, -0.2) is 47.0 Å². The first kappa shape index (κ1) is 15.6. The molecular formula is C15H21ClN4O. The Morgan fingerprint density at radius 2 is 2.19 bits per heavy atom. The van der Waals surface area contributed by atoms with Gasteiger partial charge in [0.15, 0.2) is 0 Å². The van der Waals surface area contributed by atoms with E-state index in [4.69, 9.17) is 11.6 Å². The van der Waals surface area contributed by atoms with Crippen molar-refractivity contribution in [2.45, 2.75) is 19.9 Å². The summed E-state index contributed by atoms with van der Waals surface area (Å²) in [5, 5.41) is 2.88. The molecule has 0 bridgehead atoms. The van der Waals surface area contributed by atoms with Crippen molar-refractivity contribution in [1.29, 1.82) is 0 Å². The second kappa shape index (κ2) is 6.80. The number of benzene rings is 1. The second-order valence-corrected chi connectivity index (χ2v) is 5.57. The SMILES string of the molecule is Cc1cccc2nc(CCCl)n(CCNC(=O)N(C)C)c12. The third kappa shape index (κ3) is 3.47. The number of aryl methyl sites for hydroxylation is 2. The maximum Gasteiger partial charge on any atom is 0.316 e. The van der Waals surface area contributed by atoms with E-state index in [0.717, 1.165) is 23.3 Å². The molecule has 114 valence electrons. The number of amides is 2. The molecule has 21 heavy (non-hydrogen) atoms. The molecule has 0 spiro atoms. The van der Waals surface area contributed by atoms with Gasteiger partial charge in [-0.15, -0.1) is 11.6 Å². The third-order valence-corrected chi connectivity index (χ3v) is 3.57. The van der Waals surface area contributed by atoms with Crippen LogP contribution in [0.15, 0.2) is 18.2 Å². The average Bonchev–Trinajstić information content (AvgIpc) is 2.78. The van der Waals surface area contributed by atoms with Gasteiger partial charge in [0.25, 0.3) is 0 Å². The fraction of sp³-hybridized carbons (Fsp3) is 0.467. The predicted octanol–water partition coefficient (Wildman–Crippen LogP) is 2.40. The van der Waals surface area contributed by atoms with Gasteiger partial charge in [-0.1, -0.05) is 12.1 Å². The molecular weight excluding hydrogens is 288 g/mol. The molecule has 0 aliphatic heterocycles. The van der Waals surface area contributed by atoms with Crippen molar-refractivity contribution < 1.29 is 4.79 Å². The number of fused-ring (bicyclic) bond motifs is 1. The van der Waals surface area contributed by atoms with Crippen molar-refractivity contribution in [3.05, 3.63) is 29.6 Å². The van der Waals surface area contributed by atoms with Crippen LogP contribution in [0.2, 0.25) is 0 Å². The van der Waals surface area contributed by atoms with Crippen molar-refractivity contribution in [1.82, 2.24) is 19.8 Å². The first-order chi connectivity index (χ1) is 10.0. The number of carbonyl (C=O) groups excluding carboxylic acids is 1. The van der Waals surface area contributed by atoms with E-state index in [1.54, 1.807) is 14.1 Å². The van der Waals surface area contributed by atoms with E-state index in [-0.39, 0.29) is 6.03 Å². The largest absolute Gasteiger partial charge is 0.336 e. The first-order valence-corrected chi connectivity index (χ1v) is 7.54. The quantitative estimate of drug-likeness (QED) is 0.862. The number of rotatable bonds is 5. The van der Waals surface area contributed by atoms with Gasteiger partial charge in [-0.2, -0.15) is 0 Å². The van der Waals surface area contributed by atoms with Crippen LogP contribution in [0.4, 0.5) is 4.79 Å². The van der Waals surface area contributed by atoms with E-state index in [1.165, 1.54) is 10.5 Å². The van der Waals surface area contributed by atoms with Crippen molar-refractivity contribution in [3.63, 3.8) is 0 Å². The standard InChI is InChI=1S/C15H21ClN4O/c1-11-5-4-6-12-14(11)20(13(18-12)7-8-16)10-9-17-15(21)19(2)3/h4-6H,7-10H2,1-3H3,(H,17,21). The molecule has 6 heteroatoms. The Morgan fingerprint density at radius 1 is 1.43 bits per heavy atom. The van der Waals surface area contributed by atoms with Crippen molar-refractivity contribution in [3.8, 4) is 0 Å². The third-order valence-electron chi connectivity index (χ3n) is 3.38. The van der Waals surface area contributed by atoms with Gasteiger partial charge in [0.1, 0.15) is 5.82 Å². The van der Waals surface area contributed by atoms with Crippen LogP contribution in [0.3, 0.4) is 0 Å². The Labute approximate surface area is 129 Å². The molecule has 1 aromatic carbocycles. The minimum atomic E-state index is -0.0879. The molecule has 0 unspecified atom stereocenters. The summed E-state index contributed by atoms with van der Waals surface area (Å²) in [4.78, 5) is 17.8. The van der Waals surface area contributed by atoms with Crippen LogP contribution in [0.5, 0.6) is 0 Å². The number of halogens is 1. The van der Waals surface area contributed by atoms with Crippen LogP contribution < -0.4 is 5.32 Å². The minimum Gasteiger partial charge on any atom is -0.336 e. The molecule has 0 aliphatic rings. The van der Waals surface area contributed by atoms with Crippen molar-refractivity contribution in [2.75, 3.05) is 26.5 Å². The van der Waals surface area contributed by atoms with Gasteiger partial charge in [-0.25, -0.2) is 9.78 Å². The van der Waals surface area contributed by atoms with E-state index in [2.05, 4.69) is 27.9 Å². The van der Waals surface area contributed by atoms with Crippen LogP contribution in [0.25, 0.3) is 11.0 Å². The zero-order valence-corrected chi connectivity index (χ0v) is 13.4. The summed E-state index contributed by atoms with van der Waals surface area (Å²) < 4.78 is 2.16. The molecule has 0 fully saturated rings. The fourth-order valence-corrected chi connectivity index (χ4v) is 2.53. The van der Waals surface area contributed by atoms with Gasteiger partial charge >= 0.3 is 6.03 Å². The fourth-order valence-electron chi connectivity index (χ4n) is 2.36. The van der Waals surface area contributed by atoms with E-state index in [9.17, 15) is 4.79 Å². The van der Waals surface area contributed by atoms with E-state index in [0.29, 0.717) is 19.0 Å². The van der Waals surface area contributed by atoms with Crippen LogP contribution in [0.1, 0.15) is 11.4 Å². The highest BCUT2D eigenvalue weighted by Crippen LogP contribution is 2.20. The lowest BCUT2D eigenvalue weighted by Gasteiger charge is -2.14. The van der Waals surface area contributed by atoms with Crippen LogP contribution in [0, 0.1) is 6.92 Å². The molecule has 0 aliphatic carbocycles. The highest BCUT2D eigenvalue weighted by atomic mass is 35.5.